The highest BCUT2D eigenvalue weighted by molar-refractivity contribution is 5.95. The minimum absolute atomic E-state index is 0.0263. The second-order valence-electron chi connectivity index (χ2n) is 17.5. The number of aryl methyl sites for hydroxylation is 2. The number of nitrogens with zero attached hydrogens (tertiary/aromatic N) is 15. The highest BCUT2D eigenvalue weighted by Crippen LogP contribution is 2.39. The molecule has 6 heterocycles. The molecule has 2 aromatic carbocycles. The normalized spacial score (nSPS) is 13.2. The molecule has 2 aliphatic carbocycles. The van der Waals surface area contributed by atoms with E-state index in [9.17, 15) is 38.9 Å². The molecule has 2 N–H and O–H groups in total. The van der Waals surface area contributed by atoms with Gasteiger partial charge in [0.1, 0.15) is 70.3 Å². The maximum Gasteiger partial charge on any atom is 0.418 e. The number of amides is 1. The Morgan fingerprint density at radius 2 is 1.14 bits per heavy atom. The van der Waals surface area contributed by atoms with Crippen molar-refractivity contribution in [3.63, 3.8) is 0 Å². The number of nitrogens with one attached hydrogen (secondary N) is 1. The molecule has 6 aromatic heterocycles. The van der Waals surface area contributed by atoms with Crippen LogP contribution in [0.1, 0.15) is 59.6 Å². The minimum Gasteiger partial charge on any atom is -0.464 e. The molecule has 22 nitrogen and oxygen atoms in total. The average Bonchev–Trinajstić information content (AvgIpc) is 4.24. The first-order valence-electron chi connectivity index (χ1n) is 22.5. The van der Waals surface area contributed by atoms with Gasteiger partial charge >= 0.3 is 17.5 Å². The van der Waals surface area contributed by atoms with Crippen molar-refractivity contribution >= 4 is 40.7 Å². The lowest BCUT2D eigenvalue weighted by Crippen LogP contribution is -2.28. The summed E-state index contributed by atoms with van der Waals surface area (Å²) in [7, 11) is 0. The molecule has 364 valence electrons. The van der Waals surface area contributed by atoms with Crippen LogP contribution < -0.4 is 10.2 Å². The first-order valence-corrected chi connectivity index (χ1v) is 22.5. The summed E-state index contributed by atoms with van der Waals surface area (Å²) in [5, 5.41) is 54.5. The van der Waals surface area contributed by atoms with Crippen molar-refractivity contribution in [1.29, 1.82) is 0 Å². The molecule has 0 aliphatic heterocycles. The van der Waals surface area contributed by atoms with Gasteiger partial charge in [0.2, 0.25) is 0 Å². The van der Waals surface area contributed by atoms with E-state index in [1.807, 2.05) is 11.6 Å². The zero-order valence-corrected chi connectivity index (χ0v) is 39.3. The van der Waals surface area contributed by atoms with Gasteiger partial charge in [0.05, 0.1) is 21.2 Å². The van der Waals surface area contributed by atoms with Crippen molar-refractivity contribution in [2.24, 2.45) is 11.8 Å². The third-order valence-corrected chi connectivity index (χ3v) is 12.3. The van der Waals surface area contributed by atoms with Gasteiger partial charge in [-0.2, -0.15) is 20.4 Å². The quantitative estimate of drug-likeness (QED) is 0.0759. The van der Waals surface area contributed by atoms with Gasteiger partial charge in [-0.3, -0.25) is 20.2 Å². The minimum atomic E-state index is -1.30. The monoisotopic (exact) mass is 968 g/mol. The van der Waals surface area contributed by atoms with Gasteiger partial charge in [-0.1, -0.05) is 0 Å². The van der Waals surface area contributed by atoms with Crippen molar-refractivity contribution in [1.82, 2.24) is 59.1 Å². The first kappa shape index (κ1) is 47.2. The lowest BCUT2D eigenvalue weighted by molar-refractivity contribution is -0.386. The molecule has 24 heteroatoms. The van der Waals surface area contributed by atoms with E-state index < -0.39 is 15.9 Å². The molecule has 0 atom stereocenters. The van der Waals surface area contributed by atoms with E-state index in [4.69, 9.17) is 10.2 Å². The molecule has 0 bridgehead atoms. The summed E-state index contributed by atoms with van der Waals surface area (Å²) in [5.74, 6) is 2.50. The van der Waals surface area contributed by atoms with Gasteiger partial charge < -0.3 is 10.4 Å². The number of carbonyl (C=O) groups is 1. The summed E-state index contributed by atoms with van der Waals surface area (Å²) < 4.78 is 33.3. The van der Waals surface area contributed by atoms with Crippen LogP contribution in [0.2, 0.25) is 0 Å². The molecule has 0 radical (unpaired) electrons. The topological polar surface area (TPSA) is 262 Å². The largest absolute Gasteiger partial charge is 0.464 e. The molecule has 1 amide bonds. The number of halogens is 2. The molecule has 10 rings (SSSR count). The van der Waals surface area contributed by atoms with Crippen LogP contribution in [0.4, 0.5) is 48.2 Å². The number of benzene rings is 2. The number of nitro groups is 2. The number of rotatable bonds is 14. The lowest BCUT2D eigenvalue weighted by Gasteiger charge is -2.21. The van der Waals surface area contributed by atoms with Gasteiger partial charge in [-0.25, -0.2) is 57.1 Å². The number of hydrogen-bond acceptors (Lipinski definition) is 14. The third-order valence-electron chi connectivity index (χ3n) is 12.3. The fourth-order valence-corrected chi connectivity index (χ4v) is 8.42. The van der Waals surface area contributed by atoms with Crippen molar-refractivity contribution in [3.8, 4) is 34.2 Å². The smallest absolute Gasteiger partial charge is 0.418 e. The van der Waals surface area contributed by atoms with Crippen LogP contribution in [-0.2, 0) is 13.1 Å². The van der Waals surface area contributed by atoms with Crippen molar-refractivity contribution in [2.45, 2.75) is 80.3 Å². The summed E-state index contributed by atoms with van der Waals surface area (Å²) in [4.78, 5) is 52.5. The summed E-state index contributed by atoms with van der Waals surface area (Å²) in [6, 6.07) is 15.2. The summed E-state index contributed by atoms with van der Waals surface area (Å²) >= 11 is 0. The van der Waals surface area contributed by atoms with Crippen LogP contribution in [0, 0.1) is 85.2 Å². The van der Waals surface area contributed by atoms with E-state index in [1.54, 1.807) is 62.7 Å². The van der Waals surface area contributed by atoms with Crippen LogP contribution in [0.5, 0.6) is 0 Å². The Labute approximate surface area is 403 Å². The average molecular weight is 969 g/mol. The SMILES string of the molecule is Cc1nn(-c2cc(N(C(=O)O)c3c(C)c(-c4ccc(F)cc4)nn3CC3CC3)ncn2)c(C)c1[N+](=O)[O-].Cc1nn(-c2cc(Nc3c(C)c(-c4ccc(F)cc4)nn3CC3CC3)ncn2)c(C)c1[N+](=O)[O-]. The van der Waals surface area contributed by atoms with Crippen LogP contribution >= 0.6 is 0 Å². The molecule has 71 heavy (non-hydrogen) atoms. The number of anilines is 4. The fourth-order valence-electron chi connectivity index (χ4n) is 8.42. The molecule has 0 unspecified atom stereocenters. The van der Waals surface area contributed by atoms with E-state index >= 15 is 0 Å². The summed E-state index contributed by atoms with van der Waals surface area (Å²) in [5.41, 5.74) is 5.27. The van der Waals surface area contributed by atoms with Crippen LogP contribution in [0.25, 0.3) is 34.2 Å². The maximum absolute atomic E-state index is 13.5. The second-order valence-corrected chi connectivity index (χ2v) is 17.5. The molecule has 0 spiro atoms. The van der Waals surface area contributed by atoms with Crippen molar-refractivity contribution < 1.29 is 28.5 Å². The lowest BCUT2D eigenvalue weighted by atomic mass is 10.1. The standard InChI is InChI=1S/C24H23FN8O4.C23H23FN8O2/c1-13-21(17-6-8-18(25)9-7-17)29-30(11-16-4-5-16)23(13)31(24(34)35)19-10-20(27-12-26-19)32-15(3)22(33(36)37)14(2)28-32;1-13-21(17-6-8-18(24)9-7-17)29-30(11-16-4-5-16)23(13)27-19-10-20(26-12-25-19)31-15(3)22(32(33)34)14(2)28-31/h6-10,12,16H,4-5,11H2,1-3H3,(H,34,35);6-10,12,16H,4-5,11H2,1-3H3,(H,25,26,27). The highest BCUT2D eigenvalue weighted by Gasteiger charge is 2.33. The van der Waals surface area contributed by atoms with Crippen molar-refractivity contribution in [2.75, 3.05) is 10.2 Å². The molecular formula is C47H46F2N16O6. The van der Waals surface area contributed by atoms with Gasteiger partial charge in [0.15, 0.2) is 11.6 Å². The van der Waals surface area contributed by atoms with Gasteiger partial charge in [0, 0.05) is 47.5 Å². The number of hydrogen-bond donors (Lipinski definition) is 2. The summed E-state index contributed by atoms with van der Waals surface area (Å²) in [6.07, 6.45) is 5.64. The van der Waals surface area contributed by atoms with Crippen LogP contribution in [0.15, 0.2) is 73.3 Å². The predicted octanol–water partition coefficient (Wildman–Crippen LogP) is 9.38. The number of carboxylic acid groups (broad SMARTS) is 1. The Bertz CT molecular complexity index is 3360. The predicted molar refractivity (Wildman–Crippen MR) is 254 cm³/mol. The molecule has 0 saturated heterocycles. The maximum atomic E-state index is 13.5. The zero-order valence-electron chi connectivity index (χ0n) is 39.3. The van der Waals surface area contributed by atoms with Crippen LogP contribution in [-0.4, -0.2) is 80.1 Å². The Kier molecular flexibility index (Phi) is 12.6. The summed E-state index contributed by atoms with van der Waals surface area (Å²) in [6.45, 7) is 11.3. The van der Waals surface area contributed by atoms with E-state index in [1.165, 1.54) is 72.1 Å². The Morgan fingerprint density at radius 3 is 1.62 bits per heavy atom. The van der Waals surface area contributed by atoms with E-state index in [-0.39, 0.29) is 46.0 Å². The van der Waals surface area contributed by atoms with E-state index in [0.717, 1.165) is 46.9 Å². The first-order chi connectivity index (χ1) is 34.0. The zero-order chi connectivity index (χ0) is 50.4. The Morgan fingerprint density at radius 1 is 0.676 bits per heavy atom. The van der Waals surface area contributed by atoms with Gasteiger partial charge in [-0.15, -0.1) is 0 Å². The molecule has 2 fully saturated rings. The number of aromatic nitrogens is 12. The molecule has 8 aromatic rings. The molecule has 2 saturated carbocycles. The highest BCUT2D eigenvalue weighted by atomic mass is 19.1. The van der Waals surface area contributed by atoms with E-state index in [0.29, 0.717) is 64.0 Å². The van der Waals surface area contributed by atoms with E-state index in [2.05, 4.69) is 35.5 Å². The molecule has 2 aliphatic rings. The van der Waals surface area contributed by atoms with Gasteiger partial charge in [0.25, 0.3) is 0 Å². The second kappa shape index (κ2) is 18.9. The van der Waals surface area contributed by atoms with Crippen molar-refractivity contribution in [3.05, 3.63) is 139 Å². The fraction of sp³-hybridized carbons (Fsp3) is 0.298. The van der Waals surface area contributed by atoms with Gasteiger partial charge in [-0.05, 0) is 128 Å². The third kappa shape index (κ3) is 9.62. The Hall–Kier alpha value is -8.83. The molecular weight excluding hydrogens is 923 g/mol. The van der Waals surface area contributed by atoms with Crippen LogP contribution in [0.3, 0.4) is 0 Å². The Balaban J connectivity index is 0.000000176.